The van der Waals surface area contributed by atoms with E-state index in [0.717, 1.165) is 6.42 Å². The molecule has 0 radical (unpaired) electrons. The van der Waals surface area contributed by atoms with Crippen molar-refractivity contribution in [2.24, 2.45) is 0 Å². The Kier molecular flexibility index (Phi) is 8.79. The van der Waals surface area contributed by atoms with Gasteiger partial charge in [0.25, 0.3) is 0 Å². The van der Waals surface area contributed by atoms with E-state index < -0.39 is 8.07 Å². The van der Waals surface area contributed by atoms with Gasteiger partial charge in [-0.25, -0.2) is 0 Å². The molecule has 4 heteroatoms. The number of hydrogen-bond acceptors (Lipinski definition) is 2. The molecule has 1 aromatic rings. The molecule has 0 atom stereocenters. The third-order valence-corrected chi connectivity index (χ3v) is 10.7. The predicted octanol–water partition coefficient (Wildman–Crippen LogP) is 7.01. The topological polar surface area (TPSA) is 18.5 Å². The third kappa shape index (κ3) is 6.21. The smallest absolute Gasteiger partial charge is 0.400 e. The van der Waals surface area contributed by atoms with Crippen molar-refractivity contribution in [1.82, 2.24) is 0 Å². The Labute approximate surface area is 187 Å². The number of unbranched alkanes of at least 4 members (excludes halogenated alkanes) is 2. The average Bonchev–Trinajstić information content (AvgIpc) is 2.89. The minimum atomic E-state index is -1.72. The van der Waals surface area contributed by atoms with E-state index in [0.29, 0.717) is 0 Å². The van der Waals surface area contributed by atoms with Crippen molar-refractivity contribution in [3.63, 3.8) is 0 Å². The van der Waals surface area contributed by atoms with Crippen LogP contribution in [0.2, 0.25) is 13.1 Å². The molecule has 0 bridgehead atoms. The van der Waals surface area contributed by atoms with Crippen LogP contribution in [0.4, 0.5) is 0 Å². The van der Waals surface area contributed by atoms with E-state index in [2.05, 4.69) is 97.0 Å². The summed E-state index contributed by atoms with van der Waals surface area (Å²) in [4.78, 5) is 0. The summed E-state index contributed by atoms with van der Waals surface area (Å²) in [6.07, 6.45) is 9.62. The van der Waals surface area contributed by atoms with Crippen molar-refractivity contribution >= 4 is 20.4 Å². The van der Waals surface area contributed by atoms with Gasteiger partial charge in [-0.1, -0.05) is 105 Å². The van der Waals surface area contributed by atoms with Gasteiger partial charge in [0.2, 0.25) is 0 Å². The fraction of sp³-hybridized carbons (Fsp3) is 0.615. The molecule has 2 nitrogen and oxygen atoms in total. The van der Waals surface area contributed by atoms with Gasteiger partial charge in [0, 0.05) is 0 Å². The molecular weight excluding hydrogens is 383 g/mol. The van der Waals surface area contributed by atoms with Crippen LogP contribution in [0.3, 0.4) is 0 Å². The molecule has 1 fully saturated rings. The minimum absolute atomic E-state index is 0.271. The summed E-state index contributed by atoms with van der Waals surface area (Å²) >= 11 is 0. The van der Waals surface area contributed by atoms with Gasteiger partial charge in [0.1, 0.15) is 8.07 Å². The molecule has 0 spiro atoms. The zero-order valence-electron chi connectivity index (χ0n) is 20.7. The van der Waals surface area contributed by atoms with Gasteiger partial charge in [-0.15, -0.1) is 0 Å². The van der Waals surface area contributed by atoms with Crippen LogP contribution >= 0.6 is 0 Å². The first-order valence-electron chi connectivity index (χ1n) is 11.9. The molecule has 0 unspecified atom stereocenters. The van der Waals surface area contributed by atoms with Crippen molar-refractivity contribution in [3.8, 4) is 0 Å². The zero-order valence-corrected chi connectivity index (χ0v) is 21.7. The summed E-state index contributed by atoms with van der Waals surface area (Å²) in [5.41, 5.74) is 0.784. The van der Waals surface area contributed by atoms with Crippen LogP contribution in [0.25, 0.3) is 0 Å². The maximum atomic E-state index is 6.29. The van der Waals surface area contributed by atoms with Crippen molar-refractivity contribution in [1.29, 1.82) is 0 Å². The molecule has 1 heterocycles. The SMILES string of the molecule is CCCCC(=C/B1OC(C)(C)C(C)(C)O1)/C=C(/CCCC)[Si](C)(C)c1ccccc1. The monoisotopic (exact) mass is 426 g/mol. The Morgan fingerprint density at radius 1 is 0.900 bits per heavy atom. The van der Waals surface area contributed by atoms with Crippen molar-refractivity contribution in [2.45, 2.75) is 104 Å². The summed E-state index contributed by atoms with van der Waals surface area (Å²) in [5.74, 6) is 2.24. The zero-order chi connectivity index (χ0) is 22.4. The Balaban J connectivity index is 2.41. The largest absolute Gasteiger partial charge is 0.487 e. The molecule has 1 aliphatic heterocycles. The summed E-state index contributed by atoms with van der Waals surface area (Å²) in [6, 6.07) is 11.1. The summed E-state index contributed by atoms with van der Waals surface area (Å²) in [6.45, 7) is 18.0. The first-order chi connectivity index (χ1) is 14.0. The normalized spacial score (nSPS) is 19.4. The second-order valence-electron chi connectivity index (χ2n) is 10.2. The number of rotatable bonds is 10. The van der Waals surface area contributed by atoms with E-state index in [1.807, 2.05) is 0 Å². The number of allylic oxidation sites excluding steroid dienone is 3. The van der Waals surface area contributed by atoms with Crippen molar-refractivity contribution in [2.75, 3.05) is 0 Å². The second kappa shape index (κ2) is 10.5. The summed E-state index contributed by atoms with van der Waals surface area (Å²) in [5, 5.41) is 3.15. The van der Waals surface area contributed by atoms with Crippen molar-refractivity contribution in [3.05, 3.63) is 53.2 Å². The highest BCUT2D eigenvalue weighted by Crippen LogP contribution is 2.37. The second-order valence-corrected chi connectivity index (χ2v) is 14.7. The van der Waals surface area contributed by atoms with E-state index >= 15 is 0 Å². The Hall–Kier alpha value is -1.10. The van der Waals surface area contributed by atoms with Gasteiger partial charge in [-0.2, -0.15) is 0 Å². The molecule has 1 aromatic carbocycles. The summed E-state index contributed by atoms with van der Waals surface area (Å²) < 4.78 is 12.6. The van der Waals surface area contributed by atoms with Gasteiger partial charge in [0.15, 0.2) is 0 Å². The average molecular weight is 427 g/mol. The van der Waals surface area contributed by atoms with Crippen LogP contribution in [0, 0.1) is 0 Å². The van der Waals surface area contributed by atoms with Crippen LogP contribution in [0.15, 0.2) is 53.2 Å². The molecule has 30 heavy (non-hydrogen) atoms. The maximum Gasteiger partial charge on any atom is 0.487 e. The molecule has 0 saturated carbocycles. The lowest BCUT2D eigenvalue weighted by Gasteiger charge is -2.32. The third-order valence-electron chi connectivity index (χ3n) is 6.90. The highest BCUT2D eigenvalue weighted by molar-refractivity contribution is 6.95. The maximum absolute atomic E-state index is 6.29. The van der Waals surface area contributed by atoms with E-state index in [1.165, 1.54) is 42.9 Å². The molecule has 0 aliphatic carbocycles. The number of benzene rings is 1. The molecule has 166 valence electrons. The number of hydrogen-bond donors (Lipinski definition) is 0. The van der Waals surface area contributed by atoms with E-state index in [-0.39, 0.29) is 18.3 Å². The molecular formula is C26H43BO2Si. The lowest BCUT2D eigenvalue weighted by atomic mass is 9.85. The minimum Gasteiger partial charge on any atom is -0.400 e. The quantitative estimate of drug-likeness (QED) is 0.296. The standard InChI is InChI=1S/C26H43BO2Si/c1-9-11-16-22(21-27-28-25(3,4)26(5,6)29-27)20-24(17-12-10-2)30(7,8)23-18-14-13-15-19-23/h13-15,18-21H,9-12,16-17H2,1-8H3/b22-21-,24-20-. The Morgan fingerprint density at radius 3 is 1.97 bits per heavy atom. The van der Waals surface area contributed by atoms with Gasteiger partial charge in [0.05, 0.1) is 11.2 Å². The molecule has 1 aliphatic rings. The fourth-order valence-corrected chi connectivity index (χ4v) is 6.66. The highest BCUT2D eigenvalue weighted by Gasteiger charge is 2.50. The molecule has 0 N–H and O–H groups in total. The molecule has 1 saturated heterocycles. The Morgan fingerprint density at radius 2 is 1.43 bits per heavy atom. The van der Waals surface area contributed by atoms with Crippen LogP contribution in [-0.4, -0.2) is 26.4 Å². The van der Waals surface area contributed by atoms with Crippen LogP contribution in [0.5, 0.6) is 0 Å². The van der Waals surface area contributed by atoms with E-state index in [1.54, 1.807) is 5.20 Å². The van der Waals surface area contributed by atoms with E-state index in [9.17, 15) is 0 Å². The highest BCUT2D eigenvalue weighted by atomic mass is 28.3. The lowest BCUT2D eigenvalue weighted by Crippen LogP contribution is -2.43. The van der Waals surface area contributed by atoms with Crippen LogP contribution in [0.1, 0.15) is 80.1 Å². The molecule has 0 aromatic heterocycles. The van der Waals surface area contributed by atoms with Crippen molar-refractivity contribution < 1.29 is 9.31 Å². The first kappa shape index (κ1) is 25.2. The summed E-state index contributed by atoms with van der Waals surface area (Å²) in [7, 11) is -1.99. The predicted molar refractivity (Wildman–Crippen MR) is 135 cm³/mol. The van der Waals surface area contributed by atoms with Crippen LogP contribution < -0.4 is 5.19 Å². The lowest BCUT2D eigenvalue weighted by molar-refractivity contribution is 0.00578. The fourth-order valence-electron chi connectivity index (χ4n) is 3.91. The first-order valence-corrected chi connectivity index (χ1v) is 14.9. The van der Waals surface area contributed by atoms with Gasteiger partial charge in [-0.3, -0.25) is 0 Å². The van der Waals surface area contributed by atoms with E-state index in [4.69, 9.17) is 9.31 Å². The van der Waals surface area contributed by atoms with Gasteiger partial charge in [-0.05, 0) is 47.0 Å². The van der Waals surface area contributed by atoms with Gasteiger partial charge >= 0.3 is 7.12 Å². The van der Waals surface area contributed by atoms with Gasteiger partial charge < -0.3 is 9.31 Å². The Bertz CT molecular complexity index is 719. The molecule has 0 amide bonds. The van der Waals surface area contributed by atoms with Crippen LogP contribution in [-0.2, 0) is 9.31 Å². The molecule has 2 rings (SSSR count).